The molecule has 0 saturated heterocycles. The molecule has 31 heavy (non-hydrogen) atoms. The molecule has 0 spiro atoms. The van der Waals surface area contributed by atoms with Crippen molar-refractivity contribution in [3.63, 3.8) is 0 Å². The Morgan fingerprint density at radius 2 is 1.61 bits per heavy atom. The Morgan fingerprint density at radius 3 is 2.13 bits per heavy atom. The number of hydrogen-bond acceptors (Lipinski definition) is 4. The summed E-state index contributed by atoms with van der Waals surface area (Å²) < 4.78 is 78.8. The molecule has 1 N–H and O–H groups in total. The predicted molar refractivity (Wildman–Crippen MR) is 101 cm³/mol. The highest BCUT2D eigenvalue weighted by molar-refractivity contribution is 5.79. The van der Waals surface area contributed by atoms with Crippen molar-refractivity contribution in [2.45, 2.75) is 83.3 Å². The topological polar surface area (TPSA) is 68.0 Å². The minimum absolute atomic E-state index is 0.0922. The third kappa shape index (κ3) is 5.96. The smallest absolute Gasteiger partial charge is 0.380 e. The maximum atomic E-state index is 13.1. The van der Waals surface area contributed by atoms with Crippen LogP contribution >= 0.6 is 0 Å². The van der Waals surface area contributed by atoms with Gasteiger partial charge in [-0.2, -0.15) is 26.3 Å². The fraction of sp³-hybridized carbons (Fsp3) is 0.650. The van der Waals surface area contributed by atoms with Gasteiger partial charge >= 0.3 is 12.4 Å². The first-order chi connectivity index (χ1) is 13.9. The number of Topliss-reactive ketones (excluding diaryl/α,β-unsaturated/α-hetero) is 1. The molecule has 5 nitrogen and oxygen atoms in total. The highest BCUT2D eigenvalue weighted by Gasteiger charge is 2.50. The van der Waals surface area contributed by atoms with Crippen LogP contribution < -0.4 is 0 Å². The maximum absolute atomic E-state index is 13.1. The van der Waals surface area contributed by atoms with Gasteiger partial charge in [0.25, 0.3) is 0 Å². The third-order valence-electron chi connectivity index (χ3n) is 4.79. The standard InChI is InChI=1S/C20H25F6N3O2/c1-17(2,3)29-15(27-13-9-10-14(19(21,22)23)28-16(13)29)8-6-5-7-12(30)11-18(4,31)20(24,25)26/h9-10,31H,5-8,11H2,1-4H3. The first kappa shape index (κ1) is 25.1. The molecule has 0 fully saturated rings. The van der Waals surface area contributed by atoms with Crippen LogP contribution in [0, 0.1) is 0 Å². The number of ketones is 1. The van der Waals surface area contributed by atoms with E-state index in [4.69, 9.17) is 0 Å². The first-order valence-corrected chi connectivity index (χ1v) is 9.70. The quantitative estimate of drug-likeness (QED) is 0.463. The van der Waals surface area contributed by atoms with E-state index in [1.54, 1.807) is 25.3 Å². The number of aliphatic hydroxyl groups is 1. The van der Waals surface area contributed by atoms with Gasteiger partial charge in [-0.05, 0) is 52.7 Å². The molecule has 0 bridgehead atoms. The molecular weight excluding hydrogens is 428 g/mol. The lowest BCUT2D eigenvalue weighted by atomic mass is 9.96. The summed E-state index contributed by atoms with van der Waals surface area (Å²) in [6, 6.07) is 2.11. The fourth-order valence-corrected chi connectivity index (χ4v) is 3.21. The van der Waals surface area contributed by atoms with Gasteiger partial charge in [0.05, 0.1) is 0 Å². The number of pyridine rings is 1. The molecule has 0 aliphatic carbocycles. The van der Waals surface area contributed by atoms with E-state index in [2.05, 4.69) is 9.97 Å². The molecule has 0 aliphatic heterocycles. The Balaban J connectivity index is 2.12. The second-order valence-corrected chi connectivity index (χ2v) is 8.77. The van der Waals surface area contributed by atoms with Crippen LogP contribution in [-0.2, 0) is 22.9 Å². The van der Waals surface area contributed by atoms with Gasteiger partial charge in [-0.1, -0.05) is 0 Å². The zero-order valence-corrected chi connectivity index (χ0v) is 17.7. The van der Waals surface area contributed by atoms with Crippen LogP contribution in [0.4, 0.5) is 26.3 Å². The molecular formula is C20H25F6N3O2. The van der Waals surface area contributed by atoms with Crippen LogP contribution in [-0.4, -0.2) is 37.2 Å². The van der Waals surface area contributed by atoms with Gasteiger partial charge in [0.1, 0.15) is 22.8 Å². The van der Waals surface area contributed by atoms with Gasteiger partial charge in [-0.25, -0.2) is 9.97 Å². The highest BCUT2D eigenvalue weighted by Crippen LogP contribution is 2.34. The Labute approximate surface area is 175 Å². The number of hydrogen-bond donors (Lipinski definition) is 1. The van der Waals surface area contributed by atoms with Gasteiger partial charge in [-0.15, -0.1) is 0 Å². The van der Waals surface area contributed by atoms with Crippen LogP contribution in [0.5, 0.6) is 0 Å². The molecule has 2 aromatic rings. The monoisotopic (exact) mass is 453 g/mol. The van der Waals surface area contributed by atoms with Crippen molar-refractivity contribution in [2.24, 2.45) is 0 Å². The SMILES string of the molecule is CC(C)(C)n1c(CCCCC(=O)CC(C)(O)C(F)(F)F)nc2ccc(C(F)(F)F)nc21. The molecule has 0 radical (unpaired) electrons. The predicted octanol–water partition coefficient (Wildman–Crippen LogP) is 5.19. The fourth-order valence-electron chi connectivity index (χ4n) is 3.21. The Bertz CT molecular complexity index is 939. The summed E-state index contributed by atoms with van der Waals surface area (Å²) >= 11 is 0. The molecule has 11 heteroatoms. The molecule has 2 heterocycles. The minimum Gasteiger partial charge on any atom is -0.380 e. The lowest BCUT2D eigenvalue weighted by Gasteiger charge is -2.25. The molecule has 2 rings (SSSR count). The van der Waals surface area contributed by atoms with Crippen molar-refractivity contribution in [1.29, 1.82) is 0 Å². The number of unbranched alkanes of at least 4 members (excludes halogenated alkanes) is 1. The summed E-state index contributed by atoms with van der Waals surface area (Å²) in [4.78, 5) is 19.9. The van der Waals surface area contributed by atoms with Gasteiger partial charge in [-0.3, -0.25) is 4.79 Å². The Morgan fingerprint density at radius 1 is 1.00 bits per heavy atom. The van der Waals surface area contributed by atoms with Gasteiger partial charge in [0.2, 0.25) is 0 Å². The molecule has 0 aromatic carbocycles. The number of rotatable bonds is 7. The van der Waals surface area contributed by atoms with E-state index in [0.717, 1.165) is 6.07 Å². The van der Waals surface area contributed by atoms with Crippen LogP contribution in [0.2, 0.25) is 0 Å². The zero-order chi connectivity index (χ0) is 23.8. The zero-order valence-electron chi connectivity index (χ0n) is 17.7. The van der Waals surface area contributed by atoms with E-state index >= 15 is 0 Å². The number of carbonyl (C=O) groups excluding carboxylic acids is 1. The molecule has 2 aromatic heterocycles. The van der Waals surface area contributed by atoms with E-state index in [1.807, 2.05) is 0 Å². The lowest BCUT2D eigenvalue weighted by molar-refractivity contribution is -0.253. The molecule has 0 saturated carbocycles. The summed E-state index contributed by atoms with van der Waals surface area (Å²) in [6.45, 7) is 5.94. The molecule has 0 aliphatic rings. The third-order valence-corrected chi connectivity index (χ3v) is 4.79. The summed E-state index contributed by atoms with van der Waals surface area (Å²) in [5, 5.41) is 9.40. The summed E-state index contributed by atoms with van der Waals surface area (Å²) in [7, 11) is 0. The molecule has 174 valence electrons. The van der Waals surface area contributed by atoms with E-state index in [0.29, 0.717) is 31.1 Å². The van der Waals surface area contributed by atoms with Crippen molar-refractivity contribution < 1.29 is 36.2 Å². The number of aromatic nitrogens is 3. The van der Waals surface area contributed by atoms with Crippen LogP contribution in [0.1, 0.15) is 64.9 Å². The van der Waals surface area contributed by atoms with Gasteiger partial charge in [0.15, 0.2) is 11.2 Å². The highest BCUT2D eigenvalue weighted by atomic mass is 19.4. The number of fused-ring (bicyclic) bond motifs is 1. The van der Waals surface area contributed by atoms with Crippen molar-refractivity contribution in [2.75, 3.05) is 0 Å². The van der Waals surface area contributed by atoms with Crippen molar-refractivity contribution in [3.05, 3.63) is 23.7 Å². The average molecular weight is 453 g/mol. The molecule has 1 atom stereocenters. The number of carbonyl (C=O) groups is 1. The number of aryl methyl sites for hydroxylation is 1. The van der Waals surface area contributed by atoms with Gasteiger partial charge in [0, 0.05) is 24.8 Å². The van der Waals surface area contributed by atoms with Crippen molar-refractivity contribution in [3.8, 4) is 0 Å². The van der Waals surface area contributed by atoms with E-state index < -0.39 is 41.4 Å². The van der Waals surface area contributed by atoms with E-state index in [1.165, 1.54) is 6.07 Å². The average Bonchev–Trinajstić information content (AvgIpc) is 2.94. The number of nitrogens with zero attached hydrogens (tertiary/aromatic N) is 3. The van der Waals surface area contributed by atoms with Crippen molar-refractivity contribution in [1.82, 2.24) is 14.5 Å². The Hall–Kier alpha value is -2.17. The largest absolute Gasteiger partial charge is 0.433 e. The second-order valence-electron chi connectivity index (χ2n) is 8.77. The second kappa shape index (κ2) is 8.40. The summed E-state index contributed by atoms with van der Waals surface area (Å²) in [5.74, 6) is -0.243. The maximum Gasteiger partial charge on any atom is 0.433 e. The number of halogens is 6. The van der Waals surface area contributed by atoms with Crippen LogP contribution in [0.25, 0.3) is 11.2 Å². The number of alkyl halides is 6. The van der Waals surface area contributed by atoms with Crippen LogP contribution in [0.3, 0.4) is 0 Å². The van der Waals surface area contributed by atoms with Crippen LogP contribution in [0.15, 0.2) is 12.1 Å². The van der Waals surface area contributed by atoms with Gasteiger partial charge < -0.3 is 9.67 Å². The minimum atomic E-state index is -4.90. The van der Waals surface area contributed by atoms with E-state index in [9.17, 15) is 36.2 Å². The summed E-state index contributed by atoms with van der Waals surface area (Å²) in [5.41, 5.74) is -4.33. The Kier molecular flexibility index (Phi) is 6.80. The van der Waals surface area contributed by atoms with Crippen molar-refractivity contribution >= 4 is 16.9 Å². The molecule has 0 amide bonds. The molecule has 1 unspecified atom stereocenters. The van der Waals surface area contributed by atoms with E-state index in [-0.39, 0.29) is 18.5 Å². The lowest BCUT2D eigenvalue weighted by Crippen LogP contribution is -2.43. The number of imidazole rings is 1. The first-order valence-electron chi connectivity index (χ1n) is 9.70. The summed E-state index contributed by atoms with van der Waals surface area (Å²) in [6.07, 6.45) is -9.74. The normalized spacial score (nSPS) is 15.3.